The minimum atomic E-state index is -0.526. The molecule has 0 aliphatic carbocycles. The maximum absolute atomic E-state index is 13.3. The first-order valence-corrected chi connectivity index (χ1v) is 7.71. The van der Waals surface area contributed by atoms with Crippen LogP contribution in [0.3, 0.4) is 0 Å². The van der Waals surface area contributed by atoms with Gasteiger partial charge in [0.15, 0.2) is 6.20 Å². The van der Waals surface area contributed by atoms with E-state index in [4.69, 9.17) is 16.3 Å². The van der Waals surface area contributed by atoms with Crippen LogP contribution in [0.25, 0.3) is 11.0 Å². The van der Waals surface area contributed by atoms with Crippen LogP contribution in [0.1, 0.15) is 23.0 Å². The van der Waals surface area contributed by atoms with Gasteiger partial charge >= 0.3 is 5.97 Å². The van der Waals surface area contributed by atoms with Crippen LogP contribution in [0.15, 0.2) is 42.6 Å². The molecule has 0 N–H and O–H groups in total. The zero-order valence-corrected chi connectivity index (χ0v) is 13.6. The third kappa shape index (κ3) is 2.92. The maximum Gasteiger partial charge on any atom is 0.355 e. The van der Waals surface area contributed by atoms with Crippen LogP contribution in [0, 0.1) is 11.0 Å². The van der Waals surface area contributed by atoms with Crippen molar-refractivity contribution in [3.8, 4) is 0 Å². The number of nitrogens with zero attached hydrogens (tertiary/aromatic N) is 2. The van der Waals surface area contributed by atoms with Gasteiger partial charge in [0.05, 0.1) is 11.6 Å². The minimum absolute atomic E-state index is 0.000496. The number of hydrogen-bond acceptors (Lipinski definition) is 3. The summed E-state index contributed by atoms with van der Waals surface area (Å²) in [6.45, 7) is 2.18. The number of rotatable bonds is 4. The van der Waals surface area contributed by atoms with Gasteiger partial charge < -0.3 is 14.5 Å². The molecule has 1 aromatic carbocycles. The summed E-state index contributed by atoms with van der Waals surface area (Å²) in [5.74, 6) is -1.04. The number of ether oxygens (including phenoxy) is 1. The number of halogens is 2. The Balaban J connectivity index is 2.13. The van der Waals surface area contributed by atoms with Gasteiger partial charge in [-0.2, -0.15) is 4.73 Å². The van der Waals surface area contributed by atoms with E-state index in [2.05, 4.69) is 0 Å². The van der Waals surface area contributed by atoms with E-state index >= 15 is 0 Å². The molecule has 0 bridgehead atoms. The molecule has 3 aromatic rings. The number of hydrogen-bond donors (Lipinski definition) is 0. The van der Waals surface area contributed by atoms with Gasteiger partial charge in [-0.05, 0) is 30.7 Å². The maximum atomic E-state index is 13.3. The molecule has 0 fully saturated rings. The summed E-state index contributed by atoms with van der Waals surface area (Å²) in [5, 5.41) is 12.0. The summed E-state index contributed by atoms with van der Waals surface area (Å²) in [5.41, 5.74) is 1.89. The largest absolute Gasteiger partial charge is 0.618 e. The Labute approximate surface area is 142 Å². The van der Waals surface area contributed by atoms with Gasteiger partial charge in [0.1, 0.15) is 17.0 Å². The molecular weight excluding hydrogens is 335 g/mol. The van der Waals surface area contributed by atoms with Crippen molar-refractivity contribution < 1.29 is 18.7 Å². The summed E-state index contributed by atoms with van der Waals surface area (Å²) in [6.07, 6.45) is 1.36. The predicted molar refractivity (Wildman–Crippen MR) is 87.4 cm³/mol. The third-order valence-corrected chi connectivity index (χ3v) is 3.93. The quantitative estimate of drug-likeness (QED) is 0.413. The molecule has 0 aliphatic rings. The Hall–Kier alpha value is -2.60. The average molecular weight is 349 g/mol. The van der Waals surface area contributed by atoms with Gasteiger partial charge in [-0.3, -0.25) is 0 Å². The van der Waals surface area contributed by atoms with Crippen molar-refractivity contribution in [1.82, 2.24) is 4.57 Å². The second kappa shape index (κ2) is 6.49. The van der Waals surface area contributed by atoms with E-state index in [1.807, 2.05) is 0 Å². The van der Waals surface area contributed by atoms with Crippen LogP contribution in [-0.4, -0.2) is 17.1 Å². The summed E-state index contributed by atoms with van der Waals surface area (Å²) in [7, 11) is 0. The molecule has 0 saturated heterocycles. The summed E-state index contributed by atoms with van der Waals surface area (Å²) < 4.78 is 20.7. The fraction of sp³-hybridized carbons (Fsp3) is 0.176. The molecule has 0 atom stereocenters. The van der Waals surface area contributed by atoms with E-state index < -0.39 is 11.8 Å². The Morgan fingerprint density at radius 2 is 2.17 bits per heavy atom. The molecule has 0 amide bonds. The van der Waals surface area contributed by atoms with Crippen LogP contribution in [-0.2, 0) is 11.3 Å². The molecule has 5 nitrogen and oxygen atoms in total. The van der Waals surface area contributed by atoms with Crippen LogP contribution in [0.4, 0.5) is 4.39 Å². The highest BCUT2D eigenvalue weighted by Gasteiger charge is 2.21. The van der Waals surface area contributed by atoms with E-state index in [1.54, 1.807) is 29.7 Å². The first-order chi connectivity index (χ1) is 11.5. The van der Waals surface area contributed by atoms with Crippen molar-refractivity contribution in [2.75, 3.05) is 6.61 Å². The molecule has 0 unspecified atom stereocenters. The van der Waals surface area contributed by atoms with Crippen molar-refractivity contribution in [3.05, 3.63) is 69.9 Å². The third-order valence-electron chi connectivity index (χ3n) is 3.64. The molecule has 0 aliphatic heterocycles. The van der Waals surface area contributed by atoms with E-state index in [-0.39, 0.29) is 23.9 Å². The van der Waals surface area contributed by atoms with Gasteiger partial charge in [0.25, 0.3) is 0 Å². The van der Waals surface area contributed by atoms with Crippen molar-refractivity contribution in [3.63, 3.8) is 0 Å². The first kappa shape index (κ1) is 16.3. The van der Waals surface area contributed by atoms with Crippen molar-refractivity contribution in [1.29, 1.82) is 0 Å². The Morgan fingerprint density at radius 1 is 1.38 bits per heavy atom. The first-order valence-electron chi connectivity index (χ1n) is 7.33. The highest BCUT2D eigenvalue weighted by atomic mass is 35.5. The fourth-order valence-corrected chi connectivity index (χ4v) is 2.76. The van der Waals surface area contributed by atoms with E-state index in [1.165, 1.54) is 24.4 Å². The lowest BCUT2D eigenvalue weighted by Crippen LogP contribution is -2.25. The van der Waals surface area contributed by atoms with Crippen LogP contribution in [0.5, 0.6) is 0 Å². The number of carbonyl (C=O) groups excluding carboxylic acids is 1. The zero-order chi connectivity index (χ0) is 17.3. The van der Waals surface area contributed by atoms with E-state index in [0.717, 1.165) is 0 Å². The number of aromatic nitrogens is 2. The second-order valence-electron chi connectivity index (χ2n) is 5.19. The lowest BCUT2D eigenvalue weighted by Gasteiger charge is -2.10. The minimum Gasteiger partial charge on any atom is -0.618 e. The predicted octanol–water partition coefficient (Wildman–Crippen LogP) is 3.29. The highest BCUT2D eigenvalue weighted by Crippen LogP contribution is 2.22. The number of fused-ring (bicyclic) bond motifs is 1. The van der Waals surface area contributed by atoms with Gasteiger partial charge in [-0.25, -0.2) is 9.18 Å². The molecule has 0 radical (unpaired) electrons. The SMILES string of the molecule is CCOC(=O)c1cc2c(ccc[n+]2[O-])n1Cc1ccc(F)c(Cl)c1. The molecule has 0 saturated carbocycles. The van der Waals surface area contributed by atoms with E-state index in [0.29, 0.717) is 21.3 Å². The summed E-state index contributed by atoms with van der Waals surface area (Å²) in [4.78, 5) is 12.2. The Morgan fingerprint density at radius 3 is 2.88 bits per heavy atom. The highest BCUT2D eigenvalue weighted by molar-refractivity contribution is 6.30. The Bertz CT molecular complexity index is 924. The van der Waals surface area contributed by atoms with Crippen molar-refractivity contribution >= 4 is 28.6 Å². The van der Waals surface area contributed by atoms with Gasteiger partial charge in [-0.1, -0.05) is 17.7 Å². The summed E-state index contributed by atoms with van der Waals surface area (Å²) in [6, 6.07) is 9.16. The van der Waals surface area contributed by atoms with Gasteiger partial charge in [0.2, 0.25) is 5.52 Å². The van der Waals surface area contributed by atoms with Gasteiger partial charge in [-0.15, -0.1) is 0 Å². The van der Waals surface area contributed by atoms with Crippen LogP contribution < -0.4 is 4.73 Å². The van der Waals surface area contributed by atoms with Crippen molar-refractivity contribution in [2.45, 2.75) is 13.5 Å². The lowest BCUT2D eigenvalue weighted by molar-refractivity contribution is -0.576. The monoisotopic (exact) mass is 348 g/mol. The molecule has 2 aromatic heterocycles. The van der Waals surface area contributed by atoms with Gasteiger partial charge in [0, 0.05) is 18.7 Å². The molecule has 24 heavy (non-hydrogen) atoms. The van der Waals surface area contributed by atoms with Crippen LogP contribution in [0.2, 0.25) is 5.02 Å². The molecule has 124 valence electrons. The smallest absolute Gasteiger partial charge is 0.355 e. The van der Waals surface area contributed by atoms with E-state index in [9.17, 15) is 14.4 Å². The average Bonchev–Trinajstić information content (AvgIpc) is 2.91. The molecule has 7 heteroatoms. The number of esters is 1. The standard InChI is InChI=1S/C17H14ClFN2O3/c1-2-24-17(22)16-9-15-14(4-3-7-21(15)23)20(16)10-11-5-6-13(19)12(18)8-11/h3-9H,2,10H2,1H3. The molecule has 2 heterocycles. The van der Waals surface area contributed by atoms with Crippen LogP contribution >= 0.6 is 11.6 Å². The second-order valence-corrected chi connectivity index (χ2v) is 5.60. The molecule has 0 spiro atoms. The summed E-state index contributed by atoms with van der Waals surface area (Å²) >= 11 is 5.82. The zero-order valence-electron chi connectivity index (χ0n) is 12.8. The van der Waals surface area contributed by atoms with Crippen molar-refractivity contribution in [2.24, 2.45) is 0 Å². The number of benzene rings is 1. The topological polar surface area (TPSA) is 58.2 Å². The Kier molecular flexibility index (Phi) is 4.40. The number of pyridine rings is 1. The fourth-order valence-electron chi connectivity index (χ4n) is 2.56. The lowest BCUT2D eigenvalue weighted by atomic mass is 10.2. The molecular formula is C17H14ClFN2O3. The molecule has 3 rings (SSSR count). The number of carbonyl (C=O) groups is 1. The normalized spacial score (nSPS) is 11.0.